The van der Waals surface area contributed by atoms with E-state index < -0.39 is 29.2 Å². The van der Waals surface area contributed by atoms with Crippen molar-refractivity contribution < 1.29 is 14.9 Å². The minimum absolute atomic E-state index is 0.135. The molecule has 20 heavy (non-hydrogen) atoms. The Morgan fingerprint density at radius 1 is 1.65 bits per heavy atom. The van der Waals surface area contributed by atoms with Gasteiger partial charge in [0.05, 0.1) is 12.7 Å². The molecule has 1 fully saturated rings. The fourth-order valence-electron chi connectivity index (χ4n) is 2.51. The molecular formula is C13H18N2O5. The molecule has 7 heteroatoms. The highest BCUT2D eigenvalue weighted by Crippen LogP contribution is 2.37. The van der Waals surface area contributed by atoms with Crippen LogP contribution in [0, 0.1) is 6.92 Å². The van der Waals surface area contributed by atoms with E-state index in [1.165, 1.54) is 10.8 Å². The molecule has 0 unspecified atom stereocenters. The third-order valence-electron chi connectivity index (χ3n) is 3.53. The number of H-pyrrole nitrogens is 1. The molecule has 0 bridgehead atoms. The van der Waals surface area contributed by atoms with Crippen LogP contribution < -0.4 is 11.2 Å². The van der Waals surface area contributed by atoms with E-state index in [0.29, 0.717) is 5.56 Å². The van der Waals surface area contributed by atoms with E-state index in [1.807, 2.05) is 0 Å². The molecule has 3 N–H and O–H groups in total. The Morgan fingerprint density at radius 2 is 2.35 bits per heavy atom. The van der Waals surface area contributed by atoms with Gasteiger partial charge >= 0.3 is 5.69 Å². The fourth-order valence-corrected chi connectivity index (χ4v) is 2.51. The fraction of sp³-hybridized carbons (Fsp3) is 0.538. The Morgan fingerprint density at radius 3 is 2.90 bits per heavy atom. The van der Waals surface area contributed by atoms with Crippen LogP contribution in [0.1, 0.15) is 18.4 Å². The Bertz CT molecular complexity index is 620. The van der Waals surface area contributed by atoms with Crippen molar-refractivity contribution >= 4 is 0 Å². The van der Waals surface area contributed by atoms with E-state index in [1.54, 1.807) is 13.0 Å². The quantitative estimate of drug-likeness (QED) is 0.628. The molecule has 0 aromatic carbocycles. The summed E-state index contributed by atoms with van der Waals surface area (Å²) in [4.78, 5) is 25.7. The first kappa shape index (κ1) is 14.7. The molecule has 1 aromatic rings. The number of aryl methyl sites for hydroxylation is 1. The van der Waals surface area contributed by atoms with Gasteiger partial charge in [0.15, 0.2) is 5.72 Å². The van der Waals surface area contributed by atoms with Crippen molar-refractivity contribution in [2.45, 2.75) is 37.7 Å². The van der Waals surface area contributed by atoms with Crippen LogP contribution in [0.3, 0.4) is 0 Å². The lowest BCUT2D eigenvalue weighted by Crippen LogP contribution is -2.44. The first-order valence-corrected chi connectivity index (χ1v) is 6.34. The standard InChI is InChI=1S/C13H18N2O5/c1-3-4-13(5-9(17)10(7-16)20-13)15-6-8(2)11(18)14-12(15)19/h3,6,9-10,16-17H,1,4-5,7H2,2H3,(H,14,18,19)/t9-,10+,13+/m0/s1. The number of aliphatic hydroxyl groups excluding tert-OH is 2. The van der Waals surface area contributed by atoms with Crippen molar-refractivity contribution in [2.75, 3.05) is 6.61 Å². The van der Waals surface area contributed by atoms with Crippen molar-refractivity contribution in [3.63, 3.8) is 0 Å². The molecular weight excluding hydrogens is 264 g/mol. The smallest absolute Gasteiger partial charge is 0.330 e. The van der Waals surface area contributed by atoms with Crippen LogP contribution >= 0.6 is 0 Å². The molecule has 2 rings (SSSR count). The number of aliphatic hydroxyl groups is 2. The molecule has 1 aliphatic rings. The van der Waals surface area contributed by atoms with Crippen LogP contribution in [0.5, 0.6) is 0 Å². The van der Waals surface area contributed by atoms with Gasteiger partial charge in [0.1, 0.15) is 6.10 Å². The lowest BCUT2D eigenvalue weighted by atomic mass is 10.0. The van der Waals surface area contributed by atoms with Gasteiger partial charge in [-0.1, -0.05) is 6.08 Å². The van der Waals surface area contributed by atoms with E-state index in [-0.39, 0.29) is 19.4 Å². The lowest BCUT2D eigenvalue weighted by Gasteiger charge is -2.30. The topological polar surface area (TPSA) is 105 Å². The van der Waals surface area contributed by atoms with E-state index in [9.17, 15) is 19.8 Å². The van der Waals surface area contributed by atoms with Gasteiger partial charge in [-0.15, -0.1) is 6.58 Å². The van der Waals surface area contributed by atoms with Gasteiger partial charge in [-0.2, -0.15) is 0 Å². The van der Waals surface area contributed by atoms with Crippen LogP contribution in [0.25, 0.3) is 0 Å². The van der Waals surface area contributed by atoms with Crippen molar-refractivity contribution in [1.29, 1.82) is 0 Å². The highest BCUT2D eigenvalue weighted by atomic mass is 16.6. The van der Waals surface area contributed by atoms with E-state index in [4.69, 9.17) is 4.74 Å². The first-order chi connectivity index (χ1) is 9.43. The summed E-state index contributed by atoms with van der Waals surface area (Å²) in [5.41, 5.74) is -1.86. The third kappa shape index (κ3) is 2.35. The highest BCUT2D eigenvalue weighted by molar-refractivity contribution is 5.05. The van der Waals surface area contributed by atoms with Gasteiger partial charge in [-0.3, -0.25) is 14.3 Å². The Balaban J connectivity index is 2.55. The maximum absolute atomic E-state index is 12.0. The molecule has 0 spiro atoms. The van der Waals surface area contributed by atoms with Gasteiger partial charge in [-0.25, -0.2) is 4.79 Å². The normalized spacial score (nSPS) is 29.6. The summed E-state index contributed by atoms with van der Waals surface area (Å²) < 4.78 is 6.94. The van der Waals surface area contributed by atoms with E-state index in [0.717, 1.165) is 0 Å². The average Bonchev–Trinajstić information content (AvgIpc) is 2.71. The molecule has 2 heterocycles. The number of hydrogen-bond acceptors (Lipinski definition) is 5. The summed E-state index contributed by atoms with van der Waals surface area (Å²) in [6, 6.07) is 0. The van der Waals surface area contributed by atoms with Gasteiger partial charge in [-0.05, 0) is 6.92 Å². The summed E-state index contributed by atoms with van der Waals surface area (Å²) in [5, 5.41) is 19.1. The summed E-state index contributed by atoms with van der Waals surface area (Å²) >= 11 is 0. The largest absolute Gasteiger partial charge is 0.394 e. The van der Waals surface area contributed by atoms with Crippen molar-refractivity contribution in [2.24, 2.45) is 0 Å². The average molecular weight is 282 g/mol. The van der Waals surface area contributed by atoms with Crippen LogP contribution in [-0.2, 0) is 10.5 Å². The molecule has 0 amide bonds. The molecule has 110 valence electrons. The second kappa shape index (κ2) is 5.35. The van der Waals surface area contributed by atoms with Crippen LogP contribution in [0.2, 0.25) is 0 Å². The third-order valence-corrected chi connectivity index (χ3v) is 3.53. The Kier molecular flexibility index (Phi) is 3.94. The zero-order valence-electron chi connectivity index (χ0n) is 11.2. The second-order valence-corrected chi connectivity index (χ2v) is 4.99. The number of aromatic amines is 1. The molecule has 3 atom stereocenters. The van der Waals surface area contributed by atoms with E-state index in [2.05, 4.69) is 11.6 Å². The predicted octanol–water partition coefficient (Wildman–Crippen LogP) is -0.784. The zero-order chi connectivity index (χ0) is 14.9. The van der Waals surface area contributed by atoms with Crippen LogP contribution in [-0.4, -0.2) is 38.6 Å². The molecule has 7 nitrogen and oxygen atoms in total. The molecule has 0 saturated carbocycles. The monoisotopic (exact) mass is 282 g/mol. The number of hydrogen-bond donors (Lipinski definition) is 3. The van der Waals surface area contributed by atoms with Gasteiger partial charge in [0.2, 0.25) is 0 Å². The Labute approximate surface area is 115 Å². The van der Waals surface area contributed by atoms with Gasteiger partial charge in [0, 0.05) is 24.6 Å². The van der Waals surface area contributed by atoms with Crippen LogP contribution in [0.4, 0.5) is 0 Å². The zero-order valence-corrected chi connectivity index (χ0v) is 11.2. The minimum atomic E-state index is -1.14. The SMILES string of the molecule is C=CC[C@]1(n2cc(C)c(=O)[nH]c2=O)C[C@H](O)[C@@H](CO)O1. The highest BCUT2D eigenvalue weighted by Gasteiger charge is 2.47. The van der Waals surface area contributed by atoms with Crippen molar-refractivity contribution in [3.8, 4) is 0 Å². The number of nitrogens with zero attached hydrogens (tertiary/aromatic N) is 1. The van der Waals surface area contributed by atoms with Crippen molar-refractivity contribution in [1.82, 2.24) is 9.55 Å². The number of ether oxygens (including phenoxy) is 1. The molecule has 1 saturated heterocycles. The molecule has 1 aliphatic heterocycles. The Hall–Kier alpha value is -1.70. The van der Waals surface area contributed by atoms with Gasteiger partial charge < -0.3 is 14.9 Å². The molecule has 0 radical (unpaired) electrons. The summed E-state index contributed by atoms with van der Waals surface area (Å²) in [6.45, 7) is 4.85. The number of aromatic nitrogens is 2. The summed E-state index contributed by atoms with van der Waals surface area (Å²) in [5.74, 6) is 0. The second-order valence-electron chi connectivity index (χ2n) is 4.99. The number of rotatable bonds is 4. The van der Waals surface area contributed by atoms with Crippen molar-refractivity contribution in [3.05, 3.63) is 45.3 Å². The summed E-state index contributed by atoms with van der Waals surface area (Å²) in [7, 11) is 0. The predicted molar refractivity (Wildman–Crippen MR) is 71.4 cm³/mol. The van der Waals surface area contributed by atoms with E-state index >= 15 is 0 Å². The maximum Gasteiger partial charge on any atom is 0.330 e. The van der Waals surface area contributed by atoms with Crippen LogP contribution in [0.15, 0.2) is 28.4 Å². The molecule has 1 aromatic heterocycles. The maximum atomic E-state index is 12.0. The summed E-state index contributed by atoms with van der Waals surface area (Å²) in [6.07, 6.45) is 1.71. The molecule has 0 aliphatic carbocycles. The lowest BCUT2D eigenvalue weighted by molar-refractivity contribution is -0.117. The number of nitrogens with one attached hydrogen (secondary N) is 1. The first-order valence-electron chi connectivity index (χ1n) is 6.34. The minimum Gasteiger partial charge on any atom is -0.394 e. The van der Waals surface area contributed by atoms with Gasteiger partial charge in [0.25, 0.3) is 5.56 Å².